The first-order chi connectivity index (χ1) is 16.7. The highest BCUT2D eigenvalue weighted by atomic mass is 35.5. The molecule has 184 valence electrons. The molecule has 4 aromatic rings. The lowest BCUT2D eigenvalue weighted by Crippen LogP contribution is -2.42. The van der Waals surface area contributed by atoms with E-state index in [-0.39, 0.29) is 5.91 Å². The van der Waals surface area contributed by atoms with E-state index in [0.29, 0.717) is 34.9 Å². The Labute approximate surface area is 211 Å². The van der Waals surface area contributed by atoms with E-state index >= 15 is 0 Å². The number of halogens is 1. The first kappa shape index (κ1) is 23.8. The predicted molar refractivity (Wildman–Crippen MR) is 141 cm³/mol. The van der Waals surface area contributed by atoms with Crippen LogP contribution in [0.2, 0.25) is 5.02 Å². The number of nitrogens with zero attached hydrogens (tertiary/aromatic N) is 5. The van der Waals surface area contributed by atoms with Crippen LogP contribution in [0.25, 0.3) is 27.8 Å². The molecule has 1 saturated heterocycles. The SMILES string of the molecule is Cc1nc2c(Cl)cc(-c3[nH]c4ccc(C5CCN(C(=O)CN(C)C)CC5)cc4c3C(C)C)cn2n1. The number of piperidine rings is 1. The largest absolute Gasteiger partial charge is 0.354 e. The Bertz CT molecular complexity index is 1390. The van der Waals surface area contributed by atoms with Gasteiger partial charge in [0.15, 0.2) is 5.65 Å². The van der Waals surface area contributed by atoms with Crippen LogP contribution in [0, 0.1) is 6.92 Å². The number of aromatic nitrogens is 4. The maximum Gasteiger partial charge on any atom is 0.236 e. The number of aromatic amines is 1. The van der Waals surface area contributed by atoms with Crippen molar-refractivity contribution in [3.05, 3.63) is 52.4 Å². The van der Waals surface area contributed by atoms with Crippen molar-refractivity contribution in [1.82, 2.24) is 29.4 Å². The first-order valence-electron chi connectivity index (χ1n) is 12.3. The molecule has 5 rings (SSSR count). The number of H-pyrrole nitrogens is 1. The Hall–Kier alpha value is -2.90. The highest BCUT2D eigenvalue weighted by Gasteiger charge is 2.25. The normalized spacial score (nSPS) is 15.3. The molecule has 35 heavy (non-hydrogen) atoms. The summed E-state index contributed by atoms with van der Waals surface area (Å²) in [7, 11) is 3.88. The van der Waals surface area contributed by atoms with Crippen LogP contribution >= 0.6 is 11.6 Å². The molecule has 7 nitrogen and oxygen atoms in total. The van der Waals surface area contributed by atoms with Crippen LogP contribution in [-0.2, 0) is 4.79 Å². The fourth-order valence-corrected chi connectivity index (χ4v) is 5.58. The van der Waals surface area contributed by atoms with Gasteiger partial charge in [-0.25, -0.2) is 9.50 Å². The van der Waals surface area contributed by atoms with Crippen molar-refractivity contribution in [2.24, 2.45) is 0 Å². The molecule has 0 radical (unpaired) electrons. The lowest BCUT2D eigenvalue weighted by atomic mass is 9.87. The molecule has 1 aliphatic heterocycles. The Morgan fingerprint density at radius 3 is 2.66 bits per heavy atom. The topological polar surface area (TPSA) is 69.5 Å². The summed E-state index contributed by atoms with van der Waals surface area (Å²) in [6.07, 6.45) is 3.99. The predicted octanol–water partition coefficient (Wildman–Crippen LogP) is 5.23. The van der Waals surface area contributed by atoms with Crippen molar-refractivity contribution in [3.63, 3.8) is 0 Å². The van der Waals surface area contributed by atoms with Gasteiger partial charge in [0.05, 0.1) is 17.3 Å². The quantitative estimate of drug-likeness (QED) is 0.414. The molecule has 1 aliphatic rings. The number of aryl methyl sites for hydroxylation is 1. The molecular formula is C27H33ClN6O. The molecule has 1 amide bonds. The van der Waals surface area contributed by atoms with Crippen LogP contribution in [-0.4, -0.2) is 69.0 Å². The molecular weight excluding hydrogens is 460 g/mol. The summed E-state index contributed by atoms with van der Waals surface area (Å²) in [6, 6.07) is 8.77. The summed E-state index contributed by atoms with van der Waals surface area (Å²) in [5.41, 5.74) is 6.51. The van der Waals surface area contributed by atoms with E-state index in [4.69, 9.17) is 11.6 Å². The number of pyridine rings is 1. The van der Waals surface area contributed by atoms with Crippen LogP contribution in [0.3, 0.4) is 0 Å². The summed E-state index contributed by atoms with van der Waals surface area (Å²) >= 11 is 6.58. The number of likely N-dealkylation sites (N-methyl/N-ethyl adjacent to an activating group) is 1. The highest BCUT2D eigenvalue weighted by Crippen LogP contribution is 2.39. The third-order valence-electron chi connectivity index (χ3n) is 6.99. The van der Waals surface area contributed by atoms with Crippen LogP contribution in [0.1, 0.15) is 55.5 Å². The molecule has 4 heterocycles. The summed E-state index contributed by atoms with van der Waals surface area (Å²) in [5, 5.41) is 6.32. The van der Waals surface area contributed by atoms with Gasteiger partial charge in [-0.2, -0.15) is 5.10 Å². The van der Waals surface area contributed by atoms with Crippen molar-refractivity contribution in [1.29, 1.82) is 0 Å². The lowest BCUT2D eigenvalue weighted by Gasteiger charge is -2.33. The van der Waals surface area contributed by atoms with Crippen molar-refractivity contribution in [2.75, 3.05) is 33.7 Å². The fraction of sp³-hybridized carbons (Fsp3) is 0.444. The second-order valence-corrected chi connectivity index (χ2v) is 10.7. The van der Waals surface area contributed by atoms with Gasteiger partial charge in [-0.1, -0.05) is 31.5 Å². The first-order valence-corrected chi connectivity index (χ1v) is 12.7. The van der Waals surface area contributed by atoms with Gasteiger partial charge in [0.2, 0.25) is 5.91 Å². The summed E-state index contributed by atoms with van der Waals surface area (Å²) in [4.78, 5) is 24.5. The van der Waals surface area contributed by atoms with Crippen molar-refractivity contribution in [2.45, 2.75) is 45.4 Å². The van der Waals surface area contributed by atoms with Crippen molar-refractivity contribution >= 4 is 34.1 Å². The zero-order valence-electron chi connectivity index (χ0n) is 21.1. The van der Waals surface area contributed by atoms with Gasteiger partial charge in [-0.3, -0.25) is 4.79 Å². The van der Waals surface area contributed by atoms with Crippen LogP contribution in [0.4, 0.5) is 0 Å². The monoisotopic (exact) mass is 492 g/mol. The number of rotatable bonds is 5. The molecule has 0 spiro atoms. The summed E-state index contributed by atoms with van der Waals surface area (Å²) in [6.45, 7) is 8.45. The van der Waals surface area contributed by atoms with Gasteiger partial charge < -0.3 is 14.8 Å². The molecule has 1 fully saturated rings. The molecule has 0 saturated carbocycles. The lowest BCUT2D eigenvalue weighted by molar-refractivity contribution is -0.132. The van der Waals surface area contributed by atoms with E-state index in [0.717, 1.165) is 42.7 Å². The molecule has 8 heteroatoms. The zero-order valence-corrected chi connectivity index (χ0v) is 21.9. The fourth-order valence-electron chi connectivity index (χ4n) is 5.33. The third kappa shape index (κ3) is 4.55. The maximum atomic E-state index is 12.5. The van der Waals surface area contributed by atoms with Crippen molar-refractivity contribution in [3.8, 4) is 11.3 Å². The standard InChI is InChI=1S/C27H33ClN6O/c1-16(2)25-21-12-19(18-8-10-33(11-9-18)24(35)15-32(4)5)6-7-23(21)30-26(25)20-13-22(28)27-29-17(3)31-34(27)14-20/h6-7,12-14,16,18,30H,8-11,15H2,1-5H3. The van der Waals surface area contributed by atoms with Gasteiger partial charge in [0.25, 0.3) is 0 Å². The number of benzene rings is 1. The van der Waals surface area contributed by atoms with Crippen molar-refractivity contribution < 1.29 is 4.79 Å². The average Bonchev–Trinajstić information content (AvgIpc) is 3.38. The highest BCUT2D eigenvalue weighted by molar-refractivity contribution is 6.33. The molecule has 3 aromatic heterocycles. The number of hydrogen-bond donors (Lipinski definition) is 1. The van der Waals surface area contributed by atoms with E-state index in [9.17, 15) is 4.79 Å². The maximum absolute atomic E-state index is 12.5. The zero-order chi connectivity index (χ0) is 24.9. The molecule has 0 unspecified atom stereocenters. The van der Waals surface area contributed by atoms with Crippen LogP contribution in [0.15, 0.2) is 30.5 Å². The number of amides is 1. The Kier molecular flexibility index (Phi) is 6.32. The number of fused-ring (bicyclic) bond motifs is 2. The summed E-state index contributed by atoms with van der Waals surface area (Å²) in [5.74, 6) is 1.71. The van der Waals surface area contributed by atoms with E-state index in [2.05, 4.69) is 47.1 Å². The Morgan fingerprint density at radius 2 is 1.97 bits per heavy atom. The van der Waals surface area contributed by atoms with Gasteiger partial charge in [0, 0.05) is 35.8 Å². The van der Waals surface area contributed by atoms with E-state index in [1.54, 1.807) is 4.52 Å². The smallest absolute Gasteiger partial charge is 0.236 e. The number of carbonyl (C=O) groups is 1. The minimum Gasteiger partial charge on any atom is -0.354 e. The van der Waals surface area contributed by atoms with E-state index in [1.807, 2.05) is 43.1 Å². The minimum absolute atomic E-state index is 0.222. The Morgan fingerprint density at radius 1 is 1.23 bits per heavy atom. The van der Waals surface area contributed by atoms with E-state index < -0.39 is 0 Å². The van der Waals surface area contributed by atoms with Gasteiger partial charge in [-0.05, 0) is 75.0 Å². The van der Waals surface area contributed by atoms with E-state index in [1.165, 1.54) is 16.5 Å². The average molecular weight is 493 g/mol. The molecule has 0 bridgehead atoms. The van der Waals surface area contributed by atoms with Gasteiger partial charge >= 0.3 is 0 Å². The molecule has 1 aromatic carbocycles. The number of nitrogens with one attached hydrogen (secondary N) is 1. The molecule has 1 N–H and O–H groups in total. The van der Waals surface area contributed by atoms with Crippen LogP contribution in [0.5, 0.6) is 0 Å². The second-order valence-electron chi connectivity index (χ2n) is 10.3. The van der Waals surface area contributed by atoms with Crippen LogP contribution < -0.4 is 0 Å². The van der Waals surface area contributed by atoms with Gasteiger partial charge in [0.1, 0.15) is 5.82 Å². The molecule has 0 atom stereocenters. The Balaban J connectivity index is 1.48. The number of carbonyl (C=O) groups excluding carboxylic acids is 1. The third-order valence-corrected chi connectivity index (χ3v) is 7.27. The summed E-state index contributed by atoms with van der Waals surface area (Å²) < 4.78 is 1.76. The van der Waals surface area contributed by atoms with Gasteiger partial charge in [-0.15, -0.1) is 0 Å². The molecule has 0 aliphatic carbocycles. The number of likely N-dealkylation sites (tertiary alicyclic amines) is 1. The minimum atomic E-state index is 0.222. The number of hydrogen-bond acceptors (Lipinski definition) is 4. The second kappa shape index (κ2) is 9.28.